The third kappa shape index (κ3) is 4.55. The third-order valence-corrected chi connectivity index (χ3v) is 7.21. The van der Waals surface area contributed by atoms with Gasteiger partial charge in [-0.05, 0) is 37.6 Å². The molecule has 2 N–H and O–H groups in total. The van der Waals surface area contributed by atoms with E-state index >= 15 is 0 Å². The van der Waals surface area contributed by atoms with Crippen molar-refractivity contribution in [3.05, 3.63) is 70.5 Å². The van der Waals surface area contributed by atoms with Gasteiger partial charge in [-0.2, -0.15) is 0 Å². The fraction of sp³-hybridized carbons (Fsp3) is 0.250. The monoisotopic (exact) mass is 448 g/mol. The van der Waals surface area contributed by atoms with Crippen LogP contribution in [-0.4, -0.2) is 31.1 Å². The van der Waals surface area contributed by atoms with Gasteiger partial charge in [-0.25, -0.2) is 17.5 Å². The third-order valence-electron chi connectivity index (χ3n) is 4.50. The maximum absolute atomic E-state index is 14.2. The van der Waals surface area contributed by atoms with E-state index in [1.54, 1.807) is 6.92 Å². The van der Waals surface area contributed by atoms with Gasteiger partial charge in [-0.3, -0.25) is 10.1 Å². The van der Waals surface area contributed by atoms with Gasteiger partial charge in [-0.1, -0.05) is 48.6 Å². The molecule has 2 aromatic carbocycles. The lowest BCUT2D eigenvalue weighted by Crippen LogP contribution is -2.24. The number of rotatable bonds is 7. The van der Waals surface area contributed by atoms with E-state index in [0.717, 1.165) is 23.8 Å². The summed E-state index contributed by atoms with van der Waals surface area (Å²) in [7, 11) is -3.82. The van der Waals surface area contributed by atoms with Crippen molar-refractivity contribution in [1.29, 1.82) is 0 Å². The smallest absolute Gasteiger partial charge is 0.260 e. The lowest BCUT2D eigenvalue weighted by molar-refractivity contribution is 0.102. The number of benzene rings is 2. The van der Waals surface area contributed by atoms with Crippen LogP contribution in [0.4, 0.5) is 9.52 Å². The molecule has 0 spiro atoms. The molecule has 1 aromatic heterocycles. The first-order valence-electron chi connectivity index (χ1n) is 9.15. The Labute approximate surface area is 178 Å². The van der Waals surface area contributed by atoms with Gasteiger partial charge in [-0.15, -0.1) is 10.2 Å². The second kappa shape index (κ2) is 8.58. The lowest BCUT2D eigenvalue weighted by Gasteiger charge is -2.21. The molecule has 1 amide bonds. The number of nitrogens with one attached hydrogen (secondary N) is 2. The number of carbonyl (C=O) groups is 1. The SMILES string of the molecule is CCNS(=O)(=O)c1ccc(F)c(C(=O)Nc2nnc(C(C)(C)c3ccccc3)s2)c1. The van der Waals surface area contributed by atoms with Gasteiger partial charge in [0.1, 0.15) is 10.8 Å². The first kappa shape index (κ1) is 22.0. The molecule has 158 valence electrons. The summed E-state index contributed by atoms with van der Waals surface area (Å²) < 4.78 is 40.8. The van der Waals surface area contributed by atoms with Crippen LogP contribution >= 0.6 is 11.3 Å². The Bertz CT molecular complexity index is 1160. The topological polar surface area (TPSA) is 101 Å². The molecule has 0 saturated carbocycles. The number of amides is 1. The highest BCUT2D eigenvalue weighted by molar-refractivity contribution is 7.89. The molecule has 0 bridgehead atoms. The molecule has 1 heterocycles. The second-order valence-corrected chi connectivity index (χ2v) is 9.74. The summed E-state index contributed by atoms with van der Waals surface area (Å²) in [5.74, 6) is -1.64. The molecule has 0 aliphatic carbocycles. The Morgan fingerprint density at radius 2 is 1.83 bits per heavy atom. The van der Waals surface area contributed by atoms with E-state index in [-0.39, 0.29) is 16.6 Å². The fourth-order valence-corrected chi connectivity index (χ4v) is 4.72. The van der Waals surface area contributed by atoms with Gasteiger partial charge in [0.15, 0.2) is 0 Å². The Morgan fingerprint density at radius 3 is 2.50 bits per heavy atom. The van der Waals surface area contributed by atoms with Crippen molar-refractivity contribution in [3.63, 3.8) is 0 Å². The molecule has 0 saturated heterocycles. The van der Waals surface area contributed by atoms with Gasteiger partial charge in [0.25, 0.3) is 5.91 Å². The van der Waals surface area contributed by atoms with E-state index in [4.69, 9.17) is 0 Å². The van der Waals surface area contributed by atoms with Crippen LogP contribution in [0, 0.1) is 5.82 Å². The lowest BCUT2D eigenvalue weighted by atomic mass is 9.85. The van der Waals surface area contributed by atoms with Crippen LogP contribution < -0.4 is 10.0 Å². The number of anilines is 1. The van der Waals surface area contributed by atoms with Gasteiger partial charge in [0, 0.05) is 12.0 Å². The van der Waals surface area contributed by atoms with Crippen LogP contribution in [0.3, 0.4) is 0 Å². The minimum Gasteiger partial charge on any atom is -0.296 e. The summed E-state index contributed by atoms with van der Waals surface area (Å²) in [5.41, 5.74) is 0.201. The Hall–Kier alpha value is -2.69. The maximum Gasteiger partial charge on any atom is 0.260 e. The first-order valence-corrected chi connectivity index (χ1v) is 11.4. The summed E-state index contributed by atoms with van der Waals surface area (Å²) in [5, 5.41) is 11.5. The molecular formula is C20H21FN4O3S2. The zero-order valence-electron chi connectivity index (χ0n) is 16.6. The number of hydrogen-bond donors (Lipinski definition) is 2. The van der Waals surface area contributed by atoms with E-state index in [1.165, 1.54) is 11.3 Å². The molecule has 10 heteroatoms. The molecule has 3 aromatic rings. The number of nitrogens with zero attached hydrogens (tertiary/aromatic N) is 2. The highest BCUT2D eigenvalue weighted by atomic mass is 32.2. The first-order chi connectivity index (χ1) is 14.1. The van der Waals surface area contributed by atoms with Crippen molar-refractivity contribution in [2.75, 3.05) is 11.9 Å². The van der Waals surface area contributed by atoms with Crippen LogP contribution in [0.25, 0.3) is 0 Å². The normalized spacial score (nSPS) is 12.0. The largest absolute Gasteiger partial charge is 0.296 e. The average Bonchev–Trinajstić information content (AvgIpc) is 3.18. The van der Waals surface area contributed by atoms with E-state index in [2.05, 4.69) is 20.2 Å². The second-order valence-electron chi connectivity index (χ2n) is 7.00. The number of hydrogen-bond acceptors (Lipinski definition) is 6. The zero-order chi connectivity index (χ0) is 21.9. The van der Waals surface area contributed by atoms with Gasteiger partial charge in [0.05, 0.1) is 10.5 Å². The minimum atomic E-state index is -3.82. The van der Waals surface area contributed by atoms with Gasteiger partial charge >= 0.3 is 0 Å². The summed E-state index contributed by atoms with van der Waals surface area (Å²) in [6, 6.07) is 12.8. The molecule has 0 aliphatic rings. The number of sulfonamides is 1. The van der Waals surface area contributed by atoms with Crippen LogP contribution in [0.15, 0.2) is 53.4 Å². The zero-order valence-corrected chi connectivity index (χ0v) is 18.3. The summed E-state index contributed by atoms with van der Waals surface area (Å²) in [6.07, 6.45) is 0. The molecule has 0 radical (unpaired) electrons. The predicted molar refractivity (Wildman–Crippen MR) is 114 cm³/mol. The molecule has 0 aliphatic heterocycles. The maximum atomic E-state index is 14.2. The molecule has 30 heavy (non-hydrogen) atoms. The van der Waals surface area contributed by atoms with Crippen molar-refractivity contribution in [3.8, 4) is 0 Å². The molecule has 0 fully saturated rings. The van der Waals surface area contributed by atoms with Crippen molar-refractivity contribution < 1.29 is 17.6 Å². The molecular weight excluding hydrogens is 427 g/mol. The fourth-order valence-electron chi connectivity index (χ4n) is 2.79. The van der Waals surface area contributed by atoms with Gasteiger partial charge < -0.3 is 0 Å². The van der Waals surface area contributed by atoms with E-state index in [9.17, 15) is 17.6 Å². The molecule has 0 atom stereocenters. The van der Waals surface area contributed by atoms with Crippen LogP contribution in [0.5, 0.6) is 0 Å². The van der Waals surface area contributed by atoms with Gasteiger partial charge in [0.2, 0.25) is 15.2 Å². The minimum absolute atomic E-state index is 0.173. The summed E-state index contributed by atoms with van der Waals surface area (Å²) >= 11 is 1.17. The van der Waals surface area contributed by atoms with E-state index in [0.29, 0.717) is 5.01 Å². The van der Waals surface area contributed by atoms with Crippen LogP contribution in [0.1, 0.15) is 41.7 Å². The highest BCUT2D eigenvalue weighted by Crippen LogP contribution is 2.34. The van der Waals surface area contributed by atoms with Crippen molar-refractivity contribution in [1.82, 2.24) is 14.9 Å². The summed E-state index contributed by atoms with van der Waals surface area (Å²) in [6.45, 7) is 5.77. The van der Waals surface area contributed by atoms with E-state index in [1.807, 2.05) is 44.2 Å². The standard InChI is InChI=1S/C20H21FN4O3S2/c1-4-22-30(27,28)14-10-11-16(21)15(12-14)17(26)23-19-25-24-18(29-19)20(2,3)13-8-6-5-7-9-13/h5-12,22H,4H2,1-3H3,(H,23,25,26). The van der Waals surface area contributed by atoms with Crippen LogP contribution in [-0.2, 0) is 15.4 Å². The van der Waals surface area contributed by atoms with Crippen molar-refractivity contribution >= 4 is 32.4 Å². The Balaban J connectivity index is 1.84. The number of aromatic nitrogens is 2. The molecule has 0 unspecified atom stereocenters. The van der Waals surface area contributed by atoms with Crippen molar-refractivity contribution in [2.45, 2.75) is 31.1 Å². The Morgan fingerprint density at radius 1 is 1.13 bits per heavy atom. The molecule has 7 nitrogen and oxygen atoms in total. The average molecular weight is 449 g/mol. The van der Waals surface area contributed by atoms with Crippen molar-refractivity contribution in [2.24, 2.45) is 0 Å². The molecule has 3 rings (SSSR count). The highest BCUT2D eigenvalue weighted by Gasteiger charge is 2.28. The quantitative estimate of drug-likeness (QED) is 0.576. The number of carbonyl (C=O) groups excluding carboxylic acids is 1. The number of halogens is 1. The predicted octanol–water partition coefficient (Wildman–Crippen LogP) is 3.55. The van der Waals surface area contributed by atoms with E-state index < -0.39 is 32.7 Å². The van der Waals surface area contributed by atoms with Crippen LogP contribution in [0.2, 0.25) is 0 Å². The Kier molecular flexibility index (Phi) is 6.30. The summed E-state index contributed by atoms with van der Waals surface area (Å²) in [4.78, 5) is 12.4.